The molecule has 2 aromatic rings. The molecule has 20 heavy (non-hydrogen) atoms. The fourth-order valence-corrected chi connectivity index (χ4v) is 3.02. The van der Waals surface area contributed by atoms with E-state index in [1.807, 2.05) is 12.1 Å². The van der Waals surface area contributed by atoms with E-state index in [1.54, 1.807) is 0 Å². The van der Waals surface area contributed by atoms with Crippen LogP contribution in [0.3, 0.4) is 0 Å². The molecule has 3 nitrogen and oxygen atoms in total. The molecule has 1 unspecified atom stereocenters. The summed E-state index contributed by atoms with van der Waals surface area (Å²) < 4.78 is 8.16. The lowest BCUT2D eigenvalue weighted by atomic mass is 10.2. The van der Waals surface area contributed by atoms with Crippen LogP contribution in [-0.2, 0) is 11.3 Å². The van der Waals surface area contributed by atoms with Crippen molar-refractivity contribution in [2.75, 3.05) is 19.7 Å². The Balaban J connectivity index is 1.77. The summed E-state index contributed by atoms with van der Waals surface area (Å²) in [5.74, 6) is 0. The normalized spacial score (nSPS) is 20.9. The van der Waals surface area contributed by atoms with Crippen molar-refractivity contribution in [2.45, 2.75) is 32.5 Å². The molecular weight excluding hydrogens is 272 g/mol. The van der Waals surface area contributed by atoms with Gasteiger partial charge in [0.05, 0.1) is 19.3 Å². The number of nitrogens with zero attached hydrogens (tertiary/aromatic N) is 2. The fourth-order valence-electron chi connectivity index (χ4n) is 2.86. The number of halogens is 1. The molecule has 0 amide bonds. The molecular formula is C16H21ClN2O. The molecule has 3 rings (SSSR count). The quantitative estimate of drug-likeness (QED) is 0.863. The van der Waals surface area contributed by atoms with E-state index in [2.05, 4.69) is 41.6 Å². The molecule has 4 heteroatoms. The predicted octanol–water partition coefficient (Wildman–Crippen LogP) is 3.40. The second-order valence-electron chi connectivity index (χ2n) is 5.75. The highest BCUT2D eigenvalue weighted by Crippen LogP contribution is 2.21. The molecule has 0 aliphatic carbocycles. The summed E-state index contributed by atoms with van der Waals surface area (Å²) in [5.41, 5.74) is 1.18. The Morgan fingerprint density at radius 2 is 2.20 bits per heavy atom. The van der Waals surface area contributed by atoms with Crippen LogP contribution in [0.5, 0.6) is 0 Å². The van der Waals surface area contributed by atoms with Crippen molar-refractivity contribution >= 4 is 22.5 Å². The van der Waals surface area contributed by atoms with Crippen LogP contribution < -0.4 is 0 Å². The Bertz CT molecular complexity index is 593. The first-order valence-electron chi connectivity index (χ1n) is 7.23. The number of ether oxygens (including phenoxy) is 1. The van der Waals surface area contributed by atoms with Crippen LogP contribution in [0.25, 0.3) is 10.9 Å². The maximum Gasteiger partial charge on any atom is 0.0881 e. The SMILES string of the molecule is CC(C)N1CCOC(Cn2ccc3ccc(Cl)cc32)C1. The van der Waals surface area contributed by atoms with Crippen LogP contribution in [0.15, 0.2) is 30.5 Å². The Morgan fingerprint density at radius 1 is 1.35 bits per heavy atom. The summed E-state index contributed by atoms with van der Waals surface area (Å²) in [6.07, 6.45) is 2.37. The predicted molar refractivity (Wildman–Crippen MR) is 83.4 cm³/mol. The molecule has 2 heterocycles. The van der Waals surface area contributed by atoms with Gasteiger partial charge in [0.25, 0.3) is 0 Å². The molecule has 1 saturated heterocycles. The lowest BCUT2D eigenvalue weighted by Gasteiger charge is -2.35. The van der Waals surface area contributed by atoms with Crippen LogP contribution in [0.4, 0.5) is 0 Å². The fraction of sp³-hybridized carbons (Fsp3) is 0.500. The van der Waals surface area contributed by atoms with Gasteiger partial charge < -0.3 is 9.30 Å². The first-order chi connectivity index (χ1) is 9.63. The van der Waals surface area contributed by atoms with E-state index in [1.165, 1.54) is 10.9 Å². The van der Waals surface area contributed by atoms with Gasteiger partial charge in [0.2, 0.25) is 0 Å². The first kappa shape index (κ1) is 13.9. The average molecular weight is 293 g/mol. The van der Waals surface area contributed by atoms with E-state index < -0.39 is 0 Å². The van der Waals surface area contributed by atoms with Crippen LogP contribution in [0.1, 0.15) is 13.8 Å². The van der Waals surface area contributed by atoms with Crippen molar-refractivity contribution < 1.29 is 4.74 Å². The highest BCUT2D eigenvalue weighted by Gasteiger charge is 2.22. The Hall–Kier alpha value is -1.03. The molecule has 1 fully saturated rings. The highest BCUT2D eigenvalue weighted by molar-refractivity contribution is 6.31. The number of rotatable bonds is 3. The Morgan fingerprint density at radius 3 is 3.00 bits per heavy atom. The van der Waals surface area contributed by atoms with Gasteiger partial charge in [-0.15, -0.1) is 0 Å². The summed E-state index contributed by atoms with van der Waals surface area (Å²) in [6, 6.07) is 8.74. The number of aromatic nitrogens is 1. The van der Waals surface area contributed by atoms with Crippen molar-refractivity contribution in [1.29, 1.82) is 0 Å². The van der Waals surface area contributed by atoms with E-state index in [-0.39, 0.29) is 6.10 Å². The zero-order chi connectivity index (χ0) is 14.1. The lowest BCUT2D eigenvalue weighted by Crippen LogP contribution is -2.47. The van der Waals surface area contributed by atoms with Gasteiger partial charge in [0.1, 0.15) is 0 Å². The third kappa shape index (κ3) is 2.85. The maximum absolute atomic E-state index is 6.10. The molecule has 0 bridgehead atoms. The number of benzene rings is 1. The van der Waals surface area contributed by atoms with Crippen molar-refractivity contribution in [3.63, 3.8) is 0 Å². The molecule has 1 atom stereocenters. The van der Waals surface area contributed by atoms with E-state index >= 15 is 0 Å². The zero-order valence-electron chi connectivity index (χ0n) is 12.1. The van der Waals surface area contributed by atoms with Crippen LogP contribution in [0, 0.1) is 0 Å². The van der Waals surface area contributed by atoms with Crippen molar-refractivity contribution in [2.24, 2.45) is 0 Å². The number of fused-ring (bicyclic) bond motifs is 1. The van der Waals surface area contributed by atoms with Gasteiger partial charge in [-0.25, -0.2) is 0 Å². The summed E-state index contributed by atoms with van der Waals surface area (Å²) >= 11 is 6.10. The smallest absolute Gasteiger partial charge is 0.0881 e. The first-order valence-corrected chi connectivity index (χ1v) is 7.61. The van der Waals surface area contributed by atoms with Crippen molar-refractivity contribution in [1.82, 2.24) is 9.47 Å². The third-order valence-corrected chi connectivity index (χ3v) is 4.27. The minimum Gasteiger partial charge on any atom is -0.374 e. The van der Waals surface area contributed by atoms with Gasteiger partial charge in [-0.3, -0.25) is 4.90 Å². The van der Waals surface area contributed by atoms with Gasteiger partial charge in [-0.1, -0.05) is 17.7 Å². The summed E-state index contributed by atoms with van der Waals surface area (Å²) in [7, 11) is 0. The number of hydrogen-bond acceptors (Lipinski definition) is 2. The van der Waals surface area contributed by atoms with Crippen LogP contribution in [-0.4, -0.2) is 41.3 Å². The Kier molecular flexibility index (Phi) is 4.01. The van der Waals surface area contributed by atoms with E-state index in [9.17, 15) is 0 Å². The lowest BCUT2D eigenvalue weighted by molar-refractivity contribution is -0.0451. The van der Waals surface area contributed by atoms with E-state index in [4.69, 9.17) is 16.3 Å². The molecule has 1 aliphatic rings. The summed E-state index contributed by atoms with van der Waals surface area (Å²) in [5, 5.41) is 2.01. The summed E-state index contributed by atoms with van der Waals surface area (Å²) in [4.78, 5) is 2.48. The molecule has 0 N–H and O–H groups in total. The molecule has 1 aromatic heterocycles. The average Bonchev–Trinajstić information content (AvgIpc) is 2.82. The minimum atomic E-state index is 0.251. The second-order valence-corrected chi connectivity index (χ2v) is 6.19. The minimum absolute atomic E-state index is 0.251. The molecule has 0 radical (unpaired) electrons. The number of hydrogen-bond donors (Lipinski definition) is 0. The molecule has 1 aliphatic heterocycles. The van der Waals surface area contributed by atoms with Gasteiger partial charge in [-0.05, 0) is 37.4 Å². The number of morpholine rings is 1. The molecule has 0 spiro atoms. The van der Waals surface area contributed by atoms with Crippen molar-refractivity contribution in [3.8, 4) is 0 Å². The van der Waals surface area contributed by atoms with Crippen LogP contribution in [0.2, 0.25) is 5.02 Å². The van der Waals surface area contributed by atoms with E-state index in [0.29, 0.717) is 6.04 Å². The largest absolute Gasteiger partial charge is 0.374 e. The maximum atomic E-state index is 6.10. The Labute approximate surface area is 125 Å². The monoisotopic (exact) mass is 292 g/mol. The van der Waals surface area contributed by atoms with Gasteiger partial charge in [0, 0.05) is 35.9 Å². The third-order valence-electron chi connectivity index (χ3n) is 4.04. The van der Waals surface area contributed by atoms with Crippen LogP contribution >= 0.6 is 11.6 Å². The second kappa shape index (κ2) is 5.76. The molecule has 0 saturated carbocycles. The van der Waals surface area contributed by atoms with Gasteiger partial charge >= 0.3 is 0 Å². The molecule has 1 aromatic carbocycles. The zero-order valence-corrected chi connectivity index (χ0v) is 12.8. The van der Waals surface area contributed by atoms with Crippen molar-refractivity contribution in [3.05, 3.63) is 35.5 Å². The molecule has 108 valence electrons. The topological polar surface area (TPSA) is 17.4 Å². The highest BCUT2D eigenvalue weighted by atomic mass is 35.5. The standard InChI is InChI=1S/C16H21ClN2O/c1-12(2)18-7-8-20-15(10-18)11-19-6-5-13-3-4-14(17)9-16(13)19/h3-6,9,12,15H,7-8,10-11H2,1-2H3. The summed E-state index contributed by atoms with van der Waals surface area (Å²) in [6.45, 7) is 8.22. The van der Waals surface area contributed by atoms with Gasteiger partial charge in [0.15, 0.2) is 0 Å². The van der Waals surface area contributed by atoms with Gasteiger partial charge in [-0.2, -0.15) is 0 Å². The van der Waals surface area contributed by atoms with E-state index in [0.717, 1.165) is 31.3 Å².